The van der Waals surface area contributed by atoms with Crippen molar-refractivity contribution in [1.29, 1.82) is 0 Å². The molecule has 2 atom stereocenters. The number of likely N-dealkylation sites (N-methyl/N-ethyl adjacent to an activating group) is 1. The average molecular weight is 432 g/mol. The first-order chi connectivity index (χ1) is 14.2. The molecule has 2 rings (SSSR count). The molecule has 1 N–H and O–H groups in total. The van der Waals surface area contributed by atoms with E-state index in [4.69, 9.17) is 4.74 Å². The standard InChI is InChI=1S/C24H37N3O4/c1-16-13-17-11-9-10-12-18(17)14-27(16)21(29)20(23(2,3)4)25-19(28)15-26(8)22(30)31-24(5,6)7/h9-12,16,20H,13-15H2,1-8H3,(H,25,28). The summed E-state index contributed by atoms with van der Waals surface area (Å²) in [5.41, 5.74) is 1.26. The second-order valence-electron chi connectivity index (χ2n) is 10.5. The third-order valence-corrected chi connectivity index (χ3v) is 5.29. The van der Waals surface area contributed by atoms with Crippen LogP contribution in [0.2, 0.25) is 0 Å². The Balaban J connectivity index is 2.11. The quantitative estimate of drug-likeness (QED) is 0.793. The number of benzene rings is 1. The van der Waals surface area contributed by atoms with Crippen molar-refractivity contribution in [2.45, 2.75) is 79.1 Å². The second kappa shape index (κ2) is 9.28. The number of amides is 3. The summed E-state index contributed by atoms with van der Waals surface area (Å²) >= 11 is 0. The van der Waals surface area contributed by atoms with Crippen LogP contribution in [0.1, 0.15) is 59.6 Å². The number of nitrogens with zero attached hydrogens (tertiary/aromatic N) is 2. The van der Waals surface area contributed by atoms with Crippen LogP contribution in [-0.2, 0) is 27.3 Å². The lowest BCUT2D eigenvalue weighted by atomic mass is 9.84. The van der Waals surface area contributed by atoms with E-state index in [1.807, 2.05) is 50.8 Å². The fraction of sp³-hybridized carbons (Fsp3) is 0.625. The van der Waals surface area contributed by atoms with Gasteiger partial charge >= 0.3 is 6.09 Å². The van der Waals surface area contributed by atoms with E-state index in [1.54, 1.807) is 20.8 Å². The maximum Gasteiger partial charge on any atom is 0.410 e. The van der Waals surface area contributed by atoms with Crippen molar-refractivity contribution in [3.63, 3.8) is 0 Å². The molecule has 3 amide bonds. The van der Waals surface area contributed by atoms with Crippen LogP contribution in [0.3, 0.4) is 0 Å². The first-order valence-electron chi connectivity index (χ1n) is 10.8. The van der Waals surface area contributed by atoms with Gasteiger partial charge in [0.05, 0.1) is 0 Å². The number of carbonyl (C=O) groups is 3. The maximum absolute atomic E-state index is 13.5. The molecule has 0 bridgehead atoms. The van der Waals surface area contributed by atoms with Gasteiger partial charge in [-0.3, -0.25) is 9.59 Å². The van der Waals surface area contributed by atoms with Crippen LogP contribution in [0.15, 0.2) is 24.3 Å². The lowest BCUT2D eigenvalue weighted by molar-refractivity contribution is -0.142. The maximum atomic E-state index is 13.5. The van der Waals surface area contributed by atoms with Crippen LogP contribution in [0, 0.1) is 5.41 Å². The van der Waals surface area contributed by atoms with E-state index < -0.39 is 29.1 Å². The van der Waals surface area contributed by atoms with Gasteiger partial charge in [0.2, 0.25) is 11.8 Å². The zero-order valence-corrected chi connectivity index (χ0v) is 20.1. The Bertz CT molecular complexity index is 823. The van der Waals surface area contributed by atoms with E-state index in [0.29, 0.717) is 6.54 Å². The highest BCUT2D eigenvalue weighted by Gasteiger charge is 2.38. The van der Waals surface area contributed by atoms with Gasteiger partial charge in [0.15, 0.2) is 0 Å². The first kappa shape index (κ1) is 24.7. The predicted molar refractivity (Wildman–Crippen MR) is 120 cm³/mol. The molecule has 0 aromatic heterocycles. The lowest BCUT2D eigenvalue weighted by Crippen LogP contribution is -2.58. The van der Waals surface area contributed by atoms with Crippen LogP contribution >= 0.6 is 0 Å². The average Bonchev–Trinajstić information content (AvgIpc) is 2.62. The van der Waals surface area contributed by atoms with Gasteiger partial charge in [0.25, 0.3) is 0 Å². The van der Waals surface area contributed by atoms with Gasteiger partial charge in [-0.2, -0.15) is 0 Å². The molecular weight excluding hydrogens is 394 g/mol. The molecule has 172 valence electrons. The largest absolute Gasteiger partial charge is 0.444 e. The highest BCUT2D eigenvalue weighted by Crippen LogP contribution is 2.27. The number of nitrogens with one attached hydrogen (secondary N) is 1. The molecule has 1 aromatic carbocycles. The van der Waals surface area contributed by atoms with Crippen molar-refractivity contribution in [3.05, 3.63) is 35.4 Å². The molecule has 1 aliphatic heterocycles. The van der Waals surface area contributed by atoms with Gasteiger partial charge in [-0.1, -0.05) is 45.0 Å². The molecule has 0 radical (unpaired) electrons. The van der Waals surface area contributed by atoms with Crippen LogP contribution in [0.4, 0.5) is 4.79 Å². The Morgan fingerprint density at radius 1 is 1.13 bits per heavy atom. The summed E-state index contributed by atoms with van der Waals surface area (Å²) in [5, 5.41) is 2.87. The molecule has 0 saturated carbocycles. The molecule has 0 aliphatic carbocycles. The van der Waals surface area contributed by atoms with Crippen molar-refractivity contribution < 1.29 is 19.1 Å². The van der Waals surface area contributed by atoms with Gasteiger partial charge in [-0.25, -0.2) is 4.79 Å². The fourth-order valence-electron chi connectivity index (χ4n) is 3.61. The summed E-state index contributed by atoms with van der Waals surface area (Å²) in [6.07, 6.45) is 0.205. The Morgan fingerprint density at radius 3 is 2.26 bits per heavy atom. The van der Waals surface area contributed by atoms with Gasteiger partial charge in [0.1, 0.15) is 18.2 Å². The third kappa shape index (κ3) is 6.71. The van der Waals surface area contributed by atoms with Gasteiger partial charge in [-0.05, 0) is 50.7 Å². The van der Waals surface area contributed by atoms with Gasteiger partial charge < -0.3 is 19.9 Å². The fourth-order valence-corrected chi connectivity index (χ4v) is 3.61. The Kier molecular flexibility index (Phi) is 7.40. The van der Waals surface area contributed by atoms with Crippen molar-refractivity contribution in [1.82, 2.24) is 15.1 Å². The zero-order valence-electron chi connectivity index (χ0n) is 20.1. The minimum Gasteiger partial charge on any atom is -0.444 e. The van der Waals surface area contributed by atoms with E-state index in [-0.39, 0.29) is 18.5 Å². The number of carbonyl (C=O) groups excluding carboxylic acids is 3. The molecule has 1 aromatic rings. The molecule has 0 spiro atoms. The number of hydrogen-bond acceptors (Lipinski definition) is 4. The third-order valence-electron chi connectivity index (χ3n) is 5.29. The number of ether oxygens (including phenoxy) is 1. The Morgan fingerprint density at radius 2 is 1.71 bits per heavy atom. The Hall–Kier alpha value is -2.57. The molecule has 2 unspecified atom stereocenters. The molecular formula is C24H37N3O4. The first-order valence-corrected chi connectivity index (χ1v) is 10.8. The monoisotopic (exact) mass is 431 g/mol. The molecule has 31 heavy (non-hydrogen) atoms. The zero-order chi connectivity index (χ0) is 23.6. The number of hydrogen-bond donors (Lipinski definition) is 1. The van der Waals surface area contributed by atoms with E-state index in [1.165, 1.54) is 17.5 Å². The molecule has 1 heterocycles. The molecule has 7 nitrogen and oxygen atoms in total. The minimum atomic E-state index is -0.709. The lowest BCUT2D eigenvalue weighted by Gasteiger charge is -2.40. The van der Waals surface area contributed by atoms with Crippen LogP contribution in [0.25, 0.3) is 0 Å². The Labute approximate surface area is 186 Å². The van der Waals surface area contributed by atoms with Gasteiger partial charge in [-0.15, -0.1) is 0 Å². The summed E-state index contributed by atoms with van der Waals surface area (Å²) in [7, 11) is 1.51. The van der Waals surface area contributed by atoms with Crippen LogP contribution in [-0.4, -0.2) is 59.0 Å². The number of rotatable bonds is 4. The summed E-state index contributed by atoms with van der Waals surface area (Å²) in [4.78, 5) is 41.5. The van der Waals surface area contributed by atoms with Crippen molar-refractivity contribution in [2.24, 2.45) is 5.41 Å². The van der Waals surface area contributed by atoms with Crippen molar-refractivity contribution >= 4 is 17.9 Å². The highest BCUT2D eigenvalue weighted by atomic mass is 16.6. The highest BCUT2D eigenvalue weighted by molar-refractivity contribution is 5.90. The van der Waals surface area contributed by atoms with E-state index in [0.717, 1.165) is 12.0 Å². The normalized spacial score (nSPS) is 17.4. The smallest absolute Gasteiger partial charge is 0.410 e. The summed E-state index contributed by atoms with van der Waals surface area (Å²) in [6, 6.07) is 7.47. The summed E-state index contributed by atoms with van der Waals surface area (Å²) in [6.45, 7) is 13.5. The molecule has 0 saturated heterocycles. The second-order valence-corrected chi connectivity index (χ2v) is 10.5. The van der Waals surface area contributed by atoms with Crippen LogP contribution in [0.5, 0.6) is 0 Å². The summed E-state index contributed by atoms with van der Waals surface area (Å²) in [5.74, 6) is -0.505. The predicted octanol–water partition coefficient (Wildman–Crippen LogP) is 3.36. The van der Waals surface area contributed by atoms with Crippen LogP contribution < -0.4 is 5.32 Å². The van der Waals surface area contributed by atoms with Gasteiger partial charge in [0, 0.05) is 19.6 Å². The minimum absolute atomic E-state index is 0.0357. The van der Waals surface area contributed by atoms with E-state index >= 15 is 0 Å². The molecule has 7 heteroatoms. The SMILES string of the molecule is CC1Cc2ccccc2CN1C(=O)C(NC(=O)CN(C)C(=O)OC(C)(C)C)C(C)(C)C. The molecule has 0 fully saturated rings. The van der Waals surface area contributed by atoms with E-state index in [2.05, 4.69) is 11.4 Å². The van der Waals surface area contributed by atoms with Crippen molar-refractivity contribution in [2.75, 3.05) is 13.6 Å². The van der Waals surface area contributed by atoms with Crippen molar-refractivity contribution in [3.8, 4) is 0 Å². The number of fused-ring (bicyclic) bond motifs is 1. The molecule has 1 aliphatic rings. The summed E-state index contributed by atoms with van der Waals surface area (Å²) < 4.78 is 5.29. The van der Waals surface area contributed by atoms with E-state index in [9.17, 15) is 14.4 Å². The topological polar surface area (TPSA) is 79.0 Å².